The average Bonchev–Trinajstić information content (AvgIpc) is 2.78. The van der Waals surface area contributed by atoms with Crippen LogP contribution in [-0.4, -0.2) is 35.6 Å². The van der Waals surface area contributed by atoms with Gasteiger partial charge in [0.15, 0.2) is 0 Å². The molecule has 102 valence electrons. The lowest BCUT2D eigenvalue weighted by atomic mass is 10.1. The van der Waals surface area contributed by atoms with Crippen molar-refractivity contribution in [2.45, 2.75) is 12.6 Å². The normalized spacial score (nSPS) is 11.8. The number of carbonyl (C=O) groups is 1. The molecule has 1 aromatic carbocycles. The number of fused-ring (bicyclic) bond motifs is 1. The highest BCUT2D eigenvalue weighted by Crippen LogP contribution is 2.22. The molecule has 0 unspecified atom stereocenters. The molecule has 0 aliphatic carbocycles. The zero-order valence-corrected chi connectivity index (χ0v) is 10.3. The van der Waals surface area contributed by atoms with Gasteiger partial charge in [0.05, 0.1) is 12.0 Å². The van der Waals surface area contributed by atoms with E-state index in [0.29, 0.717) is 10.9 Å². The maximum atomic E-state index is 12.1. The molecule has 0 atom stereocenters. The van der Waals surface area contributed by atoms with Gasteiger partial charge < -0.3 is 9.88 Å². The number of carbonyl (C=O) groups excluding carboxylic acids is 1. The Morgan fingerprint density at radius 2 is 2.00 bits per heavy atom. The third-order valence-electron chi connectivity index (χ3n) is 2.90. The van der Waals surface area contributed by atoms with E-state index in [1.54, 1.807) is 12.1 Å². The highest BCUT2D eigenvalue weighted by Gasteiger charge is 2.28. The summed E-state index contributed by atoms with van der Waals surface area (Å²) < 4.78 is 36.4. The summed E-state index contributed by atoms with van der Waals surface area (Å²) in [6.07, 6.45) is -3.73. The molecule has 0 aliphatic rings. The molecule has 0 spiro atoms. The summed E-state index contributed by atoms with van der Waals surface area (Å²) in [6, 6.07) is 7.17. The third-order valence-corrected chi connectivity index (χ3v) is 2.90. The Hall–Kier alpha value is -1.98. The highest BCUT2D eigenvalue weighted by molar-refractivity contribution is 6.06. The Labute approximate surface area is 108 Å². The SMILES string of the molecule is CN(CCC(F)(F)F)C(=O)c1c[nH]c2ccccc12. The Bertz CT molecular complexity index is 589. The monoisotopic (exact) mass is 270 g/mol. The lowest BCUT2D eigenvalue weighted by Gasteiger charge is -2.17. The predicted molar refractivity (Wildman–Crippen MR) is 65.9 cm³/mol. The Morgan fingerprint density at radius 3 is 2.68 bits per heavy atom. The Morgan fingerprint density at radius 1 is 1.32 bits per heavy atom. The standard InChI is InChI=1S/C13H13F3N2O/c1-18(7-6-13(14,15)16)12(19)10-8-17-11-5-3-2-4-9(10)11/h2-5,8,17H,6-7H2,1H3. The number of hydrogen-bond donors (Lipinski definition) is 1. The third kappa shape index (κ3) is 3.07. The second kappa shape index (κ2) is 4.95. The first-order valence-electron chi connectivity index (χ1n) is 5.77. The molecule has 1 amide bonds. The quantitative estimate of drug-likeness (QED) is 0.913. The number of para-hydroxylation sites is 1. The van der Waals surface area contributed by atoms with Gasteiger partial charge in [0, 0.05) is 30.7 Å². The van der Waals surface area contributed by atoms with Crippen LogP contribution >= 0.6 is 0 Å². The van der Waals surface area contributed by atoms with Gasteiger partial charge >= 0.3 is 6.18 Å². The molecule has 0 aliphatic heterocycles. The molecular weight excluding hydrogens is 257 g/mol. The van der Waals surface area contributed by atoms with Crippen molar-refractivity contribution in [2.75, 3.05) is 13.6 Å². The number of alkyl halides is 3. The van der Waals surface area contributed by atoms with Crippen LogP contribution in [0.3, 0.4) is 0 Å². The minimum atomic E-state index is -4.26. The first kappa shape index (κ1) is 13.5. The van der Waals surface area contributed by atoms with Crippen LogP contribution in [0.15, 0.2) is 30.5 Å². The van der Waals surface area contributed by atoms with Crippen molar-refractivity contribution in [1.82, 2.24) is 9.88 Å². The number of aromatic amines is 1. The molecule has 1 heterocycles. The molecule has 2 rings (SSSR count). The molecular formula is C13H13F3N2O. The summed E-state index contributed by atoms with van der Waals surface area (Å²) in [5.74, 6) is -0.415. The van der Waals surface area contributed by atoms with Crippen LogP contribution in [0.2, 0.25) is 0 Å². The van der Waals surface area contributed by atoms with Crippen molar-refractivity contribution in [3.05, 3.63) is 36.0 Å². The molecule has 0 fully saturated rings. The van der Waals surface area contributed by atoms with Gasteiger partial charge in [0.2, 0.25) is 0 Å². The summed E-state index contributed by atoms with van der Waals surface area (Å²) in [5.41, 5.74) is 1.18. The van der Waals surface area contributed by atoms with Crippen molar-refractivity contribution >= 4 is 16.8 Å². The summed E-state index contributed by atoms with van der Waals surface area (Å²) in [6.45, 7) is -0.345. The van der Waals surface area contributed by atoms with E-state index >= 15 is 0 Å². The molecule has 1 aromatic heterocycles. The fourth-order valence-corrected chi connectivity index (χ4v) is 1.85. The van der Waals surface area contributed by atoms with Crippen molar-refractivity contribution in [3.8, 4) is 0 Å². The number of hydrogen-bond acceptors (Lipinski definition) is 1. The van der Waals surface area contributed by atoms with E-state index in [1.807, 2.05) is 12.1 Å². The second-order valence-corrected chi connectivity index (χ2v) is 4.34. The molecule has 0 saturated carbocycles. The zero-order valence-electron chi connectivity index (χ0n) is 10.3. The van der Waals surface area contributed by atoms with Gasteiger partial charge in [-0.2, -0.15) is 13.2 Å². The van der Waals surface area contributed by atoms with Crippen LogP contribution in [0.5, 0.6) is 0 Å². The molecule has 19 heavy (non-hydrogen) atoms. The van der Waals surface area contributed by atoms with Crippen LogP contribution in [0, 0.1) is 0 Å². The van der Waals surface area contributed by atoms with Gasteiger partial charge in [0.25, 0.3) is 5.91 Å². The van der Waals surface area contributed by atoms with Crippen molar-refractivity contribution in [1.29, 1.82) is 0 Å². The Balaban J connectivity index is 2.15. The van der Waals surface area contributed by atoms with Gasteiger partial charge in [-0.1, -0.05) is 18.2 Å². The van der Waals surface area contributed by atoms with Gasteiger partial charge in [0.1, 0.15) is 0 Å². The van der Waals surface area contributed by atoms with Crippen LogP contribution in [-0.2, 0) is 0 Å². The summed E-state index contributed by atoms with van der Waals surface area (Å²) >= 11 is 0. The Kier molecular flexibility index (Phi) is 3.50. The van der Waals surface area contributed by atoms with E-state index in [2.05, 4.69) is 4.98 Å². The summed E-state index contributed by atoms with van der Waals surface area (Å²) in [7, 11) is 1.37. The van der Waals surface area contributed by atoms with E-state index in [1.165, 1.54) is 13.2 Å². The minimum Gasteiger partial charge on any atom is -0.360 e. The number of rotatable bonds is 3. The fraction of sp³-hybridized carbons (Fsp3) is 0.308. The molecule has 1 N–H and O–H groups in total. The summed E-state index contributed by atoms with van der Waals surface area (Å²) in [4.78, 5) is 16.1. The van der Waals surface area contributed by atoms with Crippen LogP contribution in [0.1, 0.15) is 16.8 Å². The molecule has 0 saturated heterocycles. The molecule has 0 bridgehead atoms. The first-order valence-corrected chi connectivity index (χ1v) is 5.77. The van der Waals surface area contributed by atoms with E-state index in [0.717, 1.165) is 10.4 Å². The maximum Gasteiger partial charge on any atom is 0.390 e. The van der Waals surface area contributed by atoms with Crippen molar-refractivity contribution in [3.63, 3.8) is 0 Å². The maximum absolute atomic E-state index is 12.1. The number of aromatic nitrogens is 1. The van der Waals surface area contributed by atoms with Gasteiger partial charge in [-0.05, 0) is 6.07 Å². The van der Waals surface area contributed by atoms with E-state index in [4.69, 9.17) is 0 Å². The predicted octanol–water partition coefficient (Wildman–Crippen LogP) is 3.19. The smallest absolute Gasteiger partial charge is 0.360 e. The summed E-state index contributed by atoms with van der Waals surface area (Å²) in [5, 5.41) is 0.714. The first-order chi connectivity index (χ1) is 8.88. The molecule has 2 aromatic rings. The molecule has 0 radical (unpaired) electrons. The molecule has 6 heteroatoms. The minimum absolute atomic E-state index is 0.345. The lowest BCUT2D eigenvalue weighted by molar-refractivity contribution is -0.136. The van der Waals surface area contributed by atoms with Crippen LogP contribution in [0.25, 0.3) is 10.9 Å². The van der Waals surface area contributed by atoms with Crippen LogP contribution < -0.4 is 0 Å². The highest BCUT2D eigenvalue weighted by atomic mass is 19.4. The fourth-order valence-electron chi connectivity index (χ4n) is 1.85. The van der Waals surface area contributed by atoms with Gasteiger partial charge in [-0.15, -0.1) is 0 Å². The van der Waals surface area contributed by atoms with Gasteiger partial charge in [-0.25, -0.2) is 0 Å². The zero-order chi connectivity index (χ0) is 14.0. The van der Waals surface area contributed by atoms with E-state index in [9.17, 15) is 18.0 Å². The van der Waals surface area contributed by atoms with E-state index < -0.39 is 18.5 Å². The van der Waals surface area contributed by atoms with Crippen molar-refractivity contribution < 1.29 is 18.0 Å². The largest absolute Gasteiger partial charge is 0.390 e. The number of amides is 1. The molecule has 3 nitrogen and oxygen atoms in total. The van der Waals surface area contributed by atoms with Gasteiger partial charge in [-0.3, -0.25) is 4.79 Å². The number of benzene rings is 1. The number of halogens is 3. The number of H-pyrrole nitrogens is 1. The lowest BCUT2D eigenvalue weighted by Crippen LogP contribution is -2.30. The number of nitrogens with one attached hydrogen (secondary N) is 1. The average molecular weight is 270 g/mol. The van der Waals surface area contributed by atoms with Crippen LogP contribution in [0.4, 0.5) is 13.2 Å². The second-order valence-electron chi connectivity index (χ2n) is 4.34. The topological polar surface area (TPSA) is 36.1 Å². The van der Waals surface area contributed by atoms with E-state index in [-0.39, 0.29) is 6.54 Å². The van der Waals surface area contributed by atoms with Crippen molar-refractivity contribution in [2.24, 2.45) is 0 Å². The number of nitrogens with zero attached hydrogens (tertiary/aromatic N) is 1.